The van der Waals surface area contributed by atoms with Crippen molar-refractivity contribution in [2.45, 2.75) is 24.2 Å². The molecule has 2 heterocycles. The van der Waals surface area contributed by atoms with Gasteiger partial charge in [-0.2, -0.15) is 9.40 Å². The number of aryl methyl sites for hydroxylation is 2. The molecular weight excluding hydrogens is 380 g/mol. The van der Waals surface area contributed by atoms with Crippen LogP contribution < -0.4 is 4.90 Å². The predicted octanol–water partition coefficient (Wildman–Crippen LogP) is 1.26. The molecule has 4 rings (SSSR count). The van der Waals surface area contributed by atoms with Crippen LogP contribution in [0.3, 0.4) is 0 Å². The van der Waals surface area contributed by atoms with Gasteiger partial charge in [0.15, 0.2) is 5.82 Å². The van der Waals surface area contributed by atoms with E-state index in [2.05, 4.69) is 25.9 Å². The number of sulfonamides is 1. The van der Waals surface area contributed by atoms with Crippen LogP contribution >= 0.6 is 0 Å². The van der Waals surface area contributed by atoms with Gasteiger partial charge in [0, 0.05) is 26.2 Å². The van der Waals surface area contributed by atoms with Gasteiger partial charge in [-0.3, -0.25) is 0 Å². The lowest BCUT2D eigenvalue weighted by Crippen LogP contribution is -2.49. The van der Waals surface area contributed by atoms with E-state index in [1.165, 1.54) is 35.2 Å². The third kappa shape index (κ3) is 3.47. The van der Waals surface area contributed by atoms with E-state index in [0.29, 0.717) is 26.2 Å². The van der Waals surface area contributed by atoms with Crippen LogP contribution in [0.2, 0.25) is 0 Å². The number of hydrogen-bond acceptors (Lipinski definition) is 7. The molecule has 2 aromatic rings. The number of hydrogen-bond donors (Lipinski definition) is 0. The highest BCUT2D eigenvalue weighted by molar-refractivity contribution is 7.89. The Morgan fingerprint density at radius 2 is 1.86 bits per heavy atom. The van der Waals surface area contributed by atoms with Crippen molar-refractivity contribution in [2.24, 2.45) is 0 Å². The number of carbonyl (C=O) groups is 1. The number of piperazine rings is 1. The fraction of sp³-hybridized carbons (Fsp3) is 0.421. The van der Waals surface area contributed by atoms with Crippen molar-refractivity contribution in [3.8, 4) is 0 Å². The highest BCUT2D eigenvalue weighted by Crippen LogP contribution is 2.25. The van der Waals surface area contributed by atoms with Crippen LogP contribution in [0, 0.1) is 0 Å². The third-order valence-electron chi connectivity index (χ3n) is 5.26. The van der Waals surface area contributed by atoms with Crippen molar-refractivity contribution < 1.29 is 17.9 Å². The highest BCUT2D eigenvalue weighted by atomic mass is 32.2. The molecule has 1 aliphatic heterocycles. The summed E-state index contributed by atoms with van der Waals surface area (Å²) < 4.78 is 32.1. The molecule has 2 aliphatic rings. The fourth-order valence-corrected chi connectivity index (χ4v) is 5.15. The number of esters is 1. The summed E-state index contributed by atoms with van der Waals surface area (Å²) >= 11 is 0. The lowest BCUT2D eigenvalue weighted by molar-refractivity contribution is 0.0600. The molecule has 9 heteroatoms. The molecule has 0 unspecified atom stereocenters. The van der Waals surface area contributed by atoms with Gasteiger partial charge in [0.2, 0.25) is 10.0 Å². The van der Waals surface area contributed by atoms with Crippen LogP contribution in [0.4, 0.5) is 5.82 Å². The van der Waals surface area contributed by atoms with E-state index >= 15 is 0 Å². The number of methoxy groups -OCH3 is 1. The fourth-order valence-electron chi connectivity index (χ4n) is 3.68. The molecule has 0 N–H and O–H groups in total. The Bertz CT molecular complexity index is 1000. The SMILES string of the molecule is COC(=O)c1cccc(S(=O)(=O)N2CCN(c3cc4c(nn3)CCC4)CC2)c1. The van der Waals surface area contributed by atoms with Gasteiger partial charge in [-0.05, 0) is 49.1 Å². The van der Waals surface area contributed by atoms with E-state index in [1.54, 1.807) is 6.07 Å². The van der Waals surface area contributed by atoms with Crippen LogP contribution in [-0.4, -0.2) is 62.2 Å². The number of aromatic nitrogens is 2. The maximum atomic E-state index is 13.0. The predicted molar refractivity (Wildman–Crippen MR) is 103 cm³/mol. The lowest BCUT2D eigenvalue weighted by atomic mass is 10.2. The zero-order valence-corrected chi connectivity index (χ0v) is 16.5. The summed E-state index contributed by atoms with van der Waals surface area (Å²) in [5, 5.41) is 8.63. The van der Waals surface area contributed by atoms with Gasteiger partial charge >= 0.3 is 5.97 Å². The van der Waals surface area contributed by atoms with Gasteiger partial charge in [-0.15, -0.1) is 5.10 Å². The van der Waals surface area contributed by atoms with Crippen LogP contribution in [0.5, 0.6) is 0 Å². The molecule has 0 atom stereocenters. The van der Waals surface area contributed by atoms with Crippen LogP contribution in [0.25, 0.3) is 0 Å². The van der Waals surface area contributed by atoms with E-state index in [4.69, 9.17) is 0 Å². The summed E-state index contributed by atoms with van der Waals surface area (Å²) in [6.45, 7) is 1.79. The second-order valence-electron chi connectivity index (χ2n) is 6.94. The van der Waals surface area contributed by atoms with E-state index < -0.39 is 16.0 Å². The molecule has 0 radical (unpaired) electrons. The van der Waals surface area contributed by atoms with Gasteiger partial charge in [0.1, 0.15) is 0 Å². The molecular formula is C19H22N4O4S. The van der Waals surface area contributed by atoms with Crippen molar-refractivity contribution >= 4 is 21.8 Å². The highest BCUT2D eigenvalue weighted by Gasteiger charge is 2.30. The smallest absolute Gasteiger partial charge is 0.337 e. The van der Waals surface area contributed by atoms with Crippen LogP contribution in [-0.2, 0) is 27.6 Å². The standard InChI is InChI=1S/C19H22N4O4S/c1-27-19(24)15-5-2-6-16(12-15)28(25,26)23-10-8-22(9-11-23)18-13-14-4-3-7-17(14)20-21-18/h2,5-6,12-13H,3-4,7-11H2,1H3. The summed E-state index contributed by atoms with van der Waals surface area (Å²) in [6, 6.07) is 8.03. The van der Waals surface area contributed by atoms with Gasteiger partial charge in [0.25, 0.3) is 0 Å². The topological polar surface area (TPSA) is 92.7 Å². The number of anilines is 1. The second kappa shape index (κ2) is 7.48. The molecule has 28 heavy (non-hydrogen) atoms. The summed E-state index contributed by atoms with van der Waals surface area (Å²) in [5.41, 5.74) is 2.55. The van der Waals surface area contributed by atoms with E-state index in [0.717, 1.165) is 30.8 Å². The number of ether oxygens (including phenoxy) is 1. The van der Waals surface area contributed by atoms with Crippen molar-refractivity contribution in [3.05, 3.63) is 47.2 Å². The number of rotatable bonds is 4. The van der Waals surface area contributed by atoms with Crippen molar-refractivity contribution in [3.63, 3.8) is 0 Å². The molecule has 0 saturated carbocycles. The molecule has 0 amide bonds. The summed E-state index contributed by atoms with van der Waals surface area (Å²) in [7, 11) is -2.41. The Morgan fingerprint density at radius 1 is 1.07 bits per heavy atom. The Morgan fingerprint density at radius 3 is 2.61 bits per heavy atom. The molecule has 8 nitrogen and oxygen atoms in total. The molecule has 1 aromatic heterocycles. The molecule has 1 saturated heterocycles. The molecule has 148 valence electrons. The van der Waals surface area contributed by atoms with Crippen molar-refractivity contribution in [1.82, 2.24) is 14.5 Å². The monoisotopic (exact) mass is 402 g/mol. The quantitative estimate of drug-likeness (QED) is 0.711. The first-order chi connectivity index (χ1) is 13.5. The van der Waals surface area contributed by atoms with Gasteiger partial charge < -0.3 is 9.64 Å². The number of nitrogens with zero attached hydrogens (tertiary/aromatic N) is 4. The minimum absolute atomic E-state index is 0.0983. The maximum Gasteiger partial charge on any atom is 0.337 e. The average molecular weight is 402 g/mol. The molecule has 1 fully saturated rings. The van der Waals surface area contributed by atoms with Crippen molar-refractivity contribution in [2.75, 3.05) is 38.2 Å². The Balaban J connectivity index is 1.48. The zero-order chi connectivity index (χ0) is 19.7. The maximum absolute atomic E-state index is 13.0. The minimum atomic E-state index is -3.68. The molecule has 1 aliphatic carbocycles. The Hall–Kier alpha value is -2.52. The summed E-state index contributed by atoms with van der Waals surface area (Å²) in [6.07, 6.45) is 3.13. The van der Waals surface area contributed by atoms with Crippen molar-refractivity contribution in [1.29, 1.82) is 0 Å². The second-order valence-corrected chi connectivity index (χ2v) is 8.88. The summed E-state index contributed by atoms with van der Waals surface area (Å²) in [4.78, 5) is 13.9. The minimum Gasteiger partial charge on any atom is -0.465 e. The zero-order valence-electron chi connectivity index (χ0n) is 15.7. The molecule has 1 aromatic carbocycles. The number of carbonyl (C=O) groups excluding carboxylic acids is 1. The number of fused-ring (bicyclic) bond motifs is 1. The first-order valence-corrected chi connectivity index (χ1v) is 10.7. The number of benzene rings is 1. The van der Waals surface area contributed by atoms with Gasteiger partial charge in [-0.1, -0.05) is 6.07 Å². The molecule has 0 spiro atoms. The Kier molecular flexibility index (Phi) is 5.03. The van der Waals surface area contributed by atoms with Gasteiger partial charge in [-0.25, -0.2) is 13.2 Å². The normalized spacial score (nSPS) is 17.4. The lowest BCUT2D eigenvalue weighted by Gasteiger charge is -2.34. The first kappa shape index (κ1) is 18.8. The first-order valence-electron chi connectivity index (χ1n) is 9.28. The van der Waals surface area contributed by atoms with E-state index in [9.17, 15) is 13.2 Å². The summed E-state index contributed by atoms with van der Waals surface area (Å²) in [5.74, 6) is 0.252. The van der Waals surface area contributed by atoms with Gasteiger partial charge in [0.05, 0.1) is 23.3 Å². The van der Waals surface area contributed by atoms with E-state index in [1.807, 2.05) is 0 Å². The van der Waals surface area contributed by atoms with Crippen LogP contribution in [0.15, 0.2) is 35.2 Å². The average Bonchev–Trinajstić information content (AvgIpc) is 3.21. The van der Waals surface area contributed by atoms with Crippen LogP contribution in [0.1, 0.15) is 28.0 Å². The largest absolute Gasteiger partial charge is 0.465 e. The Labute approximate surface area is 164 Å². The molecule has 0 bridgehead atoms. The third-order valence-corrected chi connectivity index (χ3v) is 7.16. The van der Waals surface area contributed by atoms with E-state index in [-0.39, 0.29) is 10.5 Å².